The number of hydrogen-bond donors (Lipinski definition) is 6. The Kier molecular flexibility index (Phi) is 14.2. The van der Waals surface area contributed by atoms with E-state index in [2.05, 4.69) is 26.6 Å². The molecule has 1 aliphatic carbocycles. The highest BCUT2D eigenvalue weighted by atomic mass is 16.6. The Hall–Kier alpha value is -5.60. The highest BCUT2D eigenvalue weighted by Crippen LogP contribution is 2.27. The van der Waals surface area contributed by atoms with Crippen LogP contribution in [0.2, 0.25) is 0 Å². The van der Waals surface area contributed by atoms with Gasteiger partial charge in [0, 0.05) is 43.7 Å². The average Bonchev–Trinajstić information content (AvgIpc) is 3.11. The second-order valence-corrected chi connectivity index (χ2v) is 13.0. The molecule has 51 heavy (non-hydrogen) atoms. The molecule has 0 radical (unpaired) electrons. The zero-order valence-corrected chi connectivity index (χ0v) is 28.3. The molecular weight excluding hydrogens is 658 g/mol. The van der Waals surface area contributed by atoms with E-state index in [0.717, 1.165) is 49.8 Å². The Balaban J connectivity index is 1.66. The second kappa shape index (κ2) is 19.0. The minimum Gasteiger partial charge on any atom is -0.368 e. The first kappa shape index (κ1) is 38.2. The van der Waals surface area contributed by atoms with E-state index in [9.17, 15) is 38.9 Å². The smallest absolute Gasteiger partial charge is 0.269 e. The number of nitro benzene ring substituents is 1. The predicted molar refractivity (Wildman–Crippen MR) is 186 cm³/mol. The standard InChI is InChI=1S/C36H45N7O8/c37-33(46)27-12-7-19-38-34(47)28(22-25-13-15-26(16-14-25)43(50)51)41-36(49)30(21-24-10-5-2-6-11-24)42-35(48)29(20-23-8-3-1-4-9-23)40-32(45)18-17-31(44)39-27/h2,5-6,10-11,13-18,23,27-30H,1,3-4,7-9,12,19-22H2,(H2,37,46)(H,38,47)(H,39,44)(H,40,45)(H,41,49)(H,42,48)/b18-17+/t27-,28-,29-,30-/m0/s1. The topological polar surface area (TPSA) is 232 Å². The number of amides is 6. The highest BCUT2D eigenvalue weighted by molar-refractivity contribution is 6.00. The summed E-state index contributed by atoms with van der Waals surface area (Å²) in [5.74, 6) is -3.95. The van der Waals surface area contributed by atoms with Crippen LogP contribution in [0.3, 0.4) is 0 Å². The number of carbonyl (C=O) groups excluding carboxylic acids is 6. The van der Waals surface area contributed by atoms with E-state index < -0.39 is 64.5 Å². The van der Waals surface area contributed by atoms with Gasteiger partial charge in [-0.3, -0.25) is 38.9 Å². The van der Waals surface area contributed by atoms with E-state index in [0.29, 0.717) is 12.0 Å². The lowest BCUT2D eigenvalue weighted by Gasteiger charge is -2.28. The molecule has 1 aliphatic heterocycles. The van der Waals surface area contributed by atoms with Gasteiger partial charge in [-0.25, -0.2) is 0 Å². The molecule has 0 saturated heterocycles. The summed E-state index contributed by atoms with van der Waals surface area (Å²) < 4.78 is 0. The van der Waals surface area contributed by atoms with Crippen molar-refractivity contribution in [1.29, 1.82) is 0 Å². The van der Waals surface area contributed by atoms with Gasteiger partial charge in [0.05, 0.1) is 4.92 Å². The van der Waals surface area contributed by atoms with Crippen molar-refractivity contribution < 1.29 is 33.7 Å². The fourth-order valence-electron chi connectivity index (χ4n) is 6.31. The summed E-state index contributed by atoms with van der Waals surface area (Å²) in [4.78, 5) is 89.8. The number of nitrogens with two attached hydrogens (primary N) is 1. The Labute approximate surface area is 295 Å². The molecular formula is C36H45N7O8. The quantitative estimate of drug-likeness (QED) is 0.173. The van der Waals surface area contributed by atoms with Crippen molar-refractivity contribution in [1.82, 2.24) is 26.6 Å². The lowest BCUT2D eigenvalue weighted by atomic mass is 9.84. The number of nitro groups is 1. The van der Waals surface area contributed by atoms with Crippen LogP contribution in [-0.4, -0.2) is 71.1 Å². The minimum absolute atomic E-state index is 0.0342. The predicted octanol–water partition coefficient (Wildman–Crippen LogP) is 1.24. The summed E-state index contributed by atoms with van der Waals surface area (Å²) in [6.07, 6.45) is 7.38. The van der Waals surface area contributed by atoms with Gasteiger partial charge in [0.2, 0.25) is 35.4 Å². The summed E-state index contributed by atoms with van der Waals surface area (Å²) in [7, 11) is 0. The maximum absolute atomic E-state index is 14.0. The third-order valence-electron chi connectivity index (χ3n) is 9.08. The molecule has 2 aliphatic rings. The molecule has 6 amide bonds. The molecule has 1 fully saturated rings. The second-order valence-electron chi connectivity index (χ2n) is 13.0. The summed E-state index contributed by atoms with van der Waals surface area (Å²) in [6.45, 7) is 0.0520. The highest BCUT2D eigenvalue weighted by Gasteiger charge is 2.32. The van der Waals surface area contributed by atoms with E-state index in [1.54, 1.807) is 24.3 Å². The maximum atomic E-state index is 14.0. The maximum Gasteiger partial charge on any atom is 0.269 e. The van der Waals surface area contributed by atoms with E-state index in [-0.39, 0.29) is 43.8 Å². The third kappa shape index (κ3) is 12.3. The Morgan fingerprint density at radius 3 is 1.86 bits per heavy atom. The van der Waals surface area contributed by atoms with Gasteiger partial charge >= 0.3 is 0 Å². The Morgan fingerprint density at radius 1 is 0.686 bits per heavy atom. The molecule has 272 valence electrons. The van der Waals surface area contributed by atoms with Crippen molar-refractivity contribution >= 4 is 41.1 Å². The number of nitrogens with zero attached hydrogens (tertiary/aromatic N) is 1. The number of primary amides is 1. The Morgan fingerprint density at radius 2 is 1.25 bits per heavy atom. The van der Waals surface area contributed by atoms with Crippen LogP contribution < -0.4 is 32.3 Å². The molecule has 15 heteroatoms. The van der Waals surface area contributed by atoms with Crippen LogP contribution in [0.25, 0.3) is 0 Å². The van der Waals surface area contributed by atoms with E-state index in [4.69, 9.17) is 5.73 Å². The first-order valence-electron chi connectivity index (χ1n) is 17.2. The van der Waals surface area contributed by atoms with E-state index >= 15 is 0 Å². The number of benzene rings is 2. The monoisotopic (exact) mass is 703 g/mol. The van der Waals surface area contributed by atoms with Gasteiger partial charge < -0.3 is 32.3 Å². The van der Waals surface area contributed by atoms with Gasteiger partial charge in [-0.2, -0.15) is 0 Å². The number of carbonyl (C=O) groups is 6. The summed E-state index contributed by atoms with van der Waals surface area (Å²) in [6, 6.07) is 10.1. The van der Waals surface area contributed by atoms with Crippen molar-refractivity contribution in [3.63, 3.8) is 0 Å². The molecule has 0 bridgehead atoms. The van der Waals surface area contributed by atoms with Gasteiger partial charge in [0.25, 0.3) is 5.69 Å². The first-order valence-corrected chi connectivity index (χ1v) is 17.2. The van der Waals surface area contributed by atoms with Crippen LogP contribution in [-0.2, 0) is 41.6 Å². The number of non-ortho nitro benzene ring substituents is 1. The molecule has 1 heterocycles. The van der Waals surface area contributed by atoms with Crippen LogP contribution >= 0.6 is 0 Å². The number of rotatable bonds is 8. The number of nitrogens with one attached hydrogen (secondary N) is 5. The molecule has 0 unspecified atom stereocenters. The zero-order valence-electron chi connectivity index (χ0n) is 28.3. The zero-order chi connectivity index (χ0) is 36.8. The van der Waals surface area contributed by atoms with Crippen LogP contribution in [0.4, 0.5) is 5.69 Å². The summed E-state index contributed by atoms with van der Waals surface area (Å²) >= 11 is 0. The van der Waals surface area contributed by atoms with Crippen LogP contribution in [0.5, 0.6) is 0 Å². The normalized spacial score (nSPS) is 23.9. The minimum atomic E-state index is -1.16. The van der Waals surface area contributed by atoms with Gasteiger partial charge in [0.15, 0.2) is 0 Å². The van der Waals surface area contributed by atoms with Gasteiger partial charge in [-0.05, 0) is 36.3 Å². The van der Waals surface area contributed by atoms with Crippen LogP contribution in [0.1, 0.15) is 62.5 Å². The van der Waals surface area contributed by atoms with Crippen molar-refractivity contribution in [2.75, 3.05) is 6.54 Å². The summed E-state index contributed by atoms with van der Waals surface area (Å²) in [5, 5.41) is 24.7. The van der Waals surface area contributed by atoms with Crippen LogP contribution in [0, 0.1) is 16.0 Å². The molecule has 4 rings (SSSR count). The van der Waals surface area contributed by atoms with Crippen molar-refractivity contribution in [2.45, 2.75) is 88.4 Å². The largest absolute Gasteiger partial charge is 0.368 e. The molecule has 0 aromatic heterocycles. The molecule has 4 atom stereocenters. The van der Waals surface area contributed by atoms with Gasteiger partial charge in [0.1, 0.15) is 24.2 Å². The summed E-state index contributed by atoms with van der Waals surface area (Å²) in [5.41, 5.74) is 6.61. The van der Waals surface area contributed by atoms with E-state index in [1.165, 1.54) is 24.3 Å². The molecule has 2 aromatic carbocycles. The first-order chi connectivity index (χ1) is 24.5. The van der Waals surface area contributed by atoms with Crippen molar-refractivity contribution in [3.8, 4) is 0 Å². The number of hydrogen-bond acceptors (Lipinski definition) is 8. The van der Waals surface area contributed by atoms with E-state index in [1.807, 2.05) is 6.07 Å². The van der Waals surface area contributed by atoms with Crippen molar-refractivity contribution in [2.24, 2.45) is 11.7 Å². The Bertz CT molecular complexity index is 1590. The fourth-order valence-corrected chi connectivity index (χ4v) is 6.31. The molecule has 15 nitrogen and oxygen atoms in total. The lowest BCUT2D eigenvalue weighted by Crippen LogP contribution is -2.58. The van der Waals surface area contributed by atoms with Gasteiger partial charge in [-0.1, -0.05) is 74.6 Å². The average molecular weight is 704 g/mol. The molecule has 1 saturated carbocycles. The molecule has 0 spiro atoms. The molecule has 2 aromatic rings. The van der Waals surface area contributed by atoms with Gasteiger partial charge in [-0.15, -0.1) is 0 Å². The van der Waals surface area contributed by atoms with Crippen molar-refractivity contribution in [3.05, 3.63) is 88.0 Å². The third-order valence-corrected chi connectivity index (χ3v) is 9.08. The lowest BCUT2D eigenvalue weighted by molar-refractivity contribution is -0.384. The molecule has 7 N–H and O–H groups in total. The van der Waals surface area contributed by atoms with Crippen LogP contribution in [0.15, 0.2) is 66.7 Å². The fraction of sp³-hybridized carbons (Fsp3) is 0.444. The SMILES string of the molecule is NC(=O)[C@@H]1CCCNC(=O)[C@H](Cc2ccc([N+](=O)[O-])cc2)NC(=O)[C@H](Cc2ccccc2)NC(=O)[C@H](CC2CCCCC2)NC(=O)/C=C/C(=O)N1.